The van der Waals surface area contributed by atoms with Gasteiger partial charge in [-0.1, -0.05) is 64.8 Å². The zero-order valence-electron chi connectivity index (χ0n) is 26.2. The lowest BCUT2D eigenvalue weighted by Crippen LogP contribution is -2.30. The third kappa shape index (κ3) is 10.5. The molecule has 234 valence electrons. The van der Waals surface area contributed by atoms with Crippen molar-refractivity contribution in [2.24, 2.45) is 16.8 Å². The number of aromatic nitrogens is 1. The smallest absolute Gasteiger partial charge is 0.175 e. The van der Waals surface area contributed by atoms with Crippen LogP contribution in [0.2, 0.25) is 0 Å². The van der Waals surface area contributed by atoms with Crippen molar-refractivity contribution in [3.63, 3.8) is 0 Å². The molecule has 1 aromatic heterocycles. The average Bonchev–Trinajstić information content (AvgIpc) is 2.98. The number of benzene rings is 1. The van der Waals surface area contributed by atoms with Gasteiger partial charge >= 0.3 is 0 Å². The molecule has 0 spiro atoms. The average molecular weight is 603 g/mol. The third-order valence-electron chi connectivity index (χ3n) is 8.35. The molecule has 2 heterocycles. The van der Waals surface area contributed by atoms with Crippen molar-refractivity contribution < 1.29 is 13.5 Å². The quantitative estimate of drug-likeness (QED) is 0.111. The molecule has 1 aromatic carbocycles. The molecule has 3 atom stereocenters. The van der Waals surface area contributed by atoms with Gasteiger partial charge in [-0.15, -0.1) is 0 Å². The normalized spacial score (nSPS) is 17.7. The minimum absolute atomic E-state index is 0.0902. The van der Waals surface area contributed by atoms with Crippen molar-refractivity contribution in [2.75, 3.05) is 41.7 Å². The standard InChI is InChI=1S/C34H52F2N4OS/c1-5-9-13-27(7-3)30(25-38-34-31(35)14-15-32(33(34)36)39-42-21-6-2)28-22-29(24-37-23-28)40-18-11-10-12-26(16-19-40)17-20-41-8-4/h14-15,22-27,30,39H,5-13,16-21H2,1-4H3. The molecule has 3 unspecified atom stereocenters. The van der Waals surface area contributed by atoms with E-state index in [0.29, 0.717) is 11.8 Å². The summed E-state index contributed by atoms with van der Waals surface area (Å²) in [6.07, 6.45) is 16.7. The number of halogens is 2. The fourth-order valence-corrected chi connectivity index (χ4v) is 6.40. The second-order valence-electron chi connectivity index (χ2n) is 11.4. The largest absolute Gasteiger partial charge is 0.382 e. The van der Waals surface area contributed by atoms with Gasteiger partial charge in [0.05, 0.1) is 17.6 Å². The zero-order chi connectivity index (χ0) is 30.2. The summed E-state index contributed by atoms with van der Waals surface area (Å²) in [6, 6.07) is 4.97. The van der Waals surface area contributed by atoms with Gasteiger partial charge in [-0.25, -0.2) is 8.78 Å². The van der Waals surface area contributed by atoms with Gasteiger partial charge in [-0.3, -0.25) is 9.98 Å². The van der Waals surface area contributed by atoms with Gasteiger partial charge in [0.25, 0.3) is 0 Å². The van der Waals surface area contributed by atoms with Crippen LogP contribution < -0.4 is 9.62 Å². The first-order chi connectivity index (χ1) is 20.5. The molecule has 0 amide bonds. The topological polar surface area (TPSA) is 49.8 Å². The first-order valence-electron chi connectivity index (χ1n) is 16.2. The van der Waals surface area contributed by atoms with E-state index in [1.54, 1.807) is 6.21 Å². The summed E-state index contributed by atoms with van der Waals surface area (Å²) in [7, 11) is 0. The lowest BCUT2D eigenvalue weighted by Gasteiger charge is -2.31. The lowest BCUT2D eigenvalue weighted by molar-refractivity contribution is 0.128. The molecule has 2 aromatic rings. The van der Waals surface area contributed by atoms with Crippen LogP contribution in [0.1, 0.15) is 103 Å². The summed E-state index contributed by atoms with van der Waals surface area (Å²) >= 11 is 1.41. The van der Waals surface area contributed by atoms with Crippen LogP contribution in [0.25, 0.3) is 0 Å². The molecule has 42 heavy (non-hydrogen) atoms. The van der Waals surface area contributed by atoms with E-state index in [4.69, 9.17) is 4.74 Å². The summed E-state index contributed by atoms with van der Waals surface area (Å²) in [4.78, 5) is 11.6. The Labute approximate surface area is 257 Å². The van der Waals surface area contributed by atoms with Crippen LogP contribution in [0.3, 0.4) is 0 Å². The van der Waals surface area contributed by atoms with E-state index in [1.165, 1.54) is 36.9 Å². The first kappa shape index (κ1) is 34.3. The highest BCUT2D eigenvalue weighted by molar-refractivity contribution is 8.00. The number of aliphatic imine (C=N–C) groups is 1. The van der Waals surface area contributed by atoms with Crippen molar-refractivity contribution >= 4 is 35.2 Å². The van der Waals surface area contributed by atoms with E-state index in [2.05, 4.69) is 53.4 Å². The molecule has 0 radical (unpaired) electrons. The zero-order valence-corrected chi connectivity index (χ0v) is 27.0. The van der Waals surface area contributed by atoms with Crippen molar-refractivity contribution in [2.45, 2.75) is 97.8 Å². The molecule has 1 aliphatic rings. The minimum Gasteiger partial charge on any atom is -0.382 e. The first-order valence-corrected chi connectivity index (χ1v) is 17.2. The van der Waals surface area contributed by atoms with Crippen LogP contribution in [0.15, 0.2) is 35.6 Å². The number of anilines is 2. The number of nitrogens with zero attached hydrogens (tertiary/aromatic N) is 3. The Morgan fingerprint density at radius 3 is 2.74 bits per heavy atom. The van der Waals surface area contributed by atoms with Gasteiger partial charge in [0.1, 0.15) is 5.69 Å². The minimum atomic E-state index is -0.651. The number of rotatable bonds is 17. The Bertz CT molecular complexity index is 1090. The summed E-state index contributed by atoms with van der Waals surface area (Å²) in [5.74, 6) is 0.426. The fourth-order valence-electron chi connectivity index (χ4n) is 5.78. The highest BCUT2D eigenvalue weighted by Crippen LogP contribution is 2.35. The van der Waals surface area contributed by atoms with Gasteiger partial charge in [0.15, 0.2) is 11.6 Å². The molecular weight excluding hydrogens is 550 g/mol. The Hall–Kier alpha value is -2.19. The third-order valence-corrected chi connectivity index (χ3v) is 9.32. The van der Waals surface area contributed by atoms with Crippen molar-refractivity contribution in [3.8, 4) is 0 Å². The van der Waals surface area contributed by atoms with Crippen molar-refractivity contribution in [3.05, 3.63) is 47.8 Å². The molecule has 5 nitrogen and oxygen atoms in total. The number of hydrogen-bond acceptors (Lipinski definition) is 6. The van der Waals surface area contributed by atoms with Crippen molar-refractivity contribution in [1.82, 2.24) is 4.98 Å². The van der Waals surface area contributed by atoms with E-state index in [-0.39, 0.29) is 17.3 Å². The van der Waals surface area contributed by atoms with E-state index in [9.17, 15) is 4.39 Å². The van der Waals surface area contributed by atoms with E-state index in [1.807, 2.05) is 12.4 Å². The van der Waals surface area contributed by atoms with Crippen LogP contribution in [-0.2, 0) is 4.74 Å². The number of pyridine rings is 1. The van der Waals surface area contributed by atoms with E-state index in [0.717, 1.165) is 94.7 Å². The second-order valence-corrected chi connectivity index (χ2v) is 12.3. The van der Waals surface area contributed by atoms with Crippen LogP contribution >= 0.6 is 11.9 Å². The number of nitrogens with one attached hydrogen (secondary N) is 1. The molecule has 1 aliphatic heterocycles. The van der Waals surface area contributed by atoms with Crippen LogP contribution in [-0.4, -0.2) is 43.3 Å². The Morgan fingerprint density at radius 2 is 1.98 bits per heavy atom. The predicted octanol–water partition coefficient (Wildman–Crippen LogP) is 9.96. The predicted molar refractivity (Wildman–Crippen MR) is 176 cm³/mol. The second kappa shape index (κ2) is 19.2. The summed E-state index contributed by atoms with van der Waals surface area (Å²) in [5, 5.41) is 0. The van der Waals surface area contributed by atoms with Gasteiger partial charge in [-0.2, -0.15) is 0 Å². The highest BCUT2D eigenvalue weighted by atomic mass is 32.2. The molecule has 0 bridgehead atoms. The number of hydrogen-bond donors (Lipinski definition) is 1. The molecule has 8 heteroatoms. The van der Waals surface area contributed by atoms with Crippen LogP contribution in [0.4, 0.5) is 25.8 Å². The van der Waals surface area contributed by atoms with E-state index >= 15 is 4.39 Å². The van der Waals surface area contributed by atoms with Gasteiger partial charge in [0.2, 0.25) is 0 Å². The lowest BCUT2D eigenvalue weighted by atomic mass is 9.82. The van der Waals surface area contributed by atoms with Gasteiger partial charge < -0.3 is 14.4 Å². The summed E-state index contributed by atoms with van der Waals surface area (Å²) in [6.45, 7) is 12.1. The Kier molecular flexibility index (Phi) is 15.6. The molecule has 1 fully saturated rings. The molecule has 1 N–H and O–H groups in total. The van der Waals surface area contributed by atoms with Crippen LogP contribution in [0, 0.1) is 23.5 Å². The van der Waals surface area contributed by atoms with Gasteiger partial charge in [-0.05, 0) is 74.6 Å². The fraction of sp³-hybridized carbons (Fsp3) is 0.647. The van der Waals surface area contributed by atoms with Gasteiger partial charge in [0, 0.05) is 50.4 Å². The van der Waals surface area contributed by atoms with Crippen molar-refractivity contribution in [1.29, 1.82) is 0 Å². The van der Waals surface area contributed by atoms with Crippen LogP contribution in [0.5, 0.6) is 0 Å². The maximum atomic E-state index is 15.4. The SMILES string of the molecule is CCCCC(CC)C(C=Nc1c(F)ccc(NSCCC)c1F)c1cncc(N2CCCCC(CCOCC)CC2)c1. The maximum absolute atomic E-state index is 15.4. The Morgan fingerprint density at radius 1 is 1.12 bits per heavy atom. The number of ether oxygens (including phenoxy) is 1. The molecular formula is C34H52F2N4OS. The molecule has 3 rings (SSSR count). The number of unbranched alkanes of at least 4 members (excludes halogenated alkanes) is 1. The Balaban J connectivity index is 1.87. The monoisotopic (exact) mass is 602 g/mol. The highest BCUT2D eigenvalue weighted by Gasteiger charge is 2.23. The summed E-state index contributed by atoms with van der Waals surface area (Å²) in [5.41, 5.74) is 2.20. The van der Waals surface area contributed by atoms with E-state index < -0.39 is 11.6 Å². The summed E-state index contributed by atoms with van der Waals surface area (Å²) < 4.78 is 38.8. The molecule has 0 aliphatic carbocycles. The maximum Gasteiger partial charge on any atom is 0.175 e. The molecule has 1 saturated heterocycles. The molecule has 0 saturated carbocycles.